The maximum atomic E-state index is 13.5. The molecule has 8 nitrogen and oxygen atoms in total. The maximum absolute atomic E-state index is 13.5. The van der Waals surface area contributed by atoms with Gasteiger partial charge in [0.25, 0.3) is 0 Å². The van der Waals surface area contributed by atoms with Crippen molar-refractivity contribution in [3.05, 3.63) is 102 Å². The summed E-state index contributed by atoms with van der Waals surface area (Å²) in [6, 6.07) is 28.7. The third-order valence-electron chi connectivity index (χ3n) is 8.00. The van der Waals surface area contributed by atoms with Crippen molar-refractivity contribution in [1.82, 2.24) is 9.80 Å². The van der Waals surface area contributed by atoms with E-state index in [1.54, 1.807) is 17.0 Å². The zero-order valence-electron chi connectivity index (χ0n) is 25.0. The van der Waals surface area contributed by atoms with Crippen LogP contribution in [0.2, 0.25) is 0 Å². The van der Waals surface area contributed by atoms with Gasteiger partial charge in [0.05, 0.1) is 24.8 Å². The summed E-state index contributed by atoms with van der Waals surface area (Å²) in [6.07, 6.45) is -0.111. The van der Waals surface area contributed by atoms with Crippen molar-refractivity contribution in [3.63, 3.8) is 0 Å². The van der Waals surface area contributed by atoms with Crippen molar-refractivity contribution in [2.45, 2.75) is 39.0 Å². The van der Waals surface area contributed by atoms with Gasteiger partial charge >= 0.3 is 6.03 Å². The number of anilines is 2. The second-order valence-corrected chi connectivity index (χ2v) is 11.5. The summed E-state index contributed by atoms with van der Waals surface area (Å²) >= 11 is 0. The number of nitrogens with zero attached hydrogens (tertiary/aromatic N) is 2. The molecule has 0 aliphatic carbocycles. The molecule has 1 aliphatic rings. The Kier molecular flexibility index (Phi) is 9.59. The first-order chi connectivity index (χ1) is 20.8. The predicted octanol–water partition coefficient (Wildman–Crippen LogP) is 5.76. The Bertz CT molecular complexity index is 1560. The fourth-order valence-electron chi connectivity index (χ4n) is 5.61. The summed E-state index contributed by atoms with van der Waals surface area (Å²) in [5, 5.41) is 17.8. The van der Waals surface area contributed by atoms with Gasteiger partial charge in [0.2, 0.25) is 5.91 Å². The Morgan fingerprint density at radius 2 is 1.77 bits per heavy atom. The molecule has 224 valence electrons. The van der Waals surface area contributed by atoms with Crippen LogP contribution in [0.1, 0.15) is 25.0 Å². The van der Waals surface area contributed by atoms with Crippen molar-refractivity contribution in [2.75, 3.05) is 37.4 Å². The molecule has 3 amide bonds. The van der Waals surface area contributed by atoms with E-state index in [2.05, 4.69) is 41.6 Å². The van der Waals surface area contributed by atoms with Gasteiger partial charge in [0.15, 0.2) is 0 Å². The van der Waals surface area contributed by atoms with Crippen LogP contribution in [0.4, 0.5) is 16.2 Å². The first kappa shape index (κ1) is 30.1. The Morgan fingerprint density at radius 3 is 2.56 bits per heavy atom. The fraction of sp³-hybridized carbons (Fsp3) is 0.314. The largest absolute Gasteiger partial charge is 0.488 e. The van der Waals surface area contributed by atoms with Crippen LogP contribution >= 0.6 is 0 Å². The van der Waals surface area contributed by atoms with E-state index in [9.17, 15) is 14.7 Å². The third-order valence-corrected chi connectivity index (χ3v) is 8.00. The molecule has 0 saturated heterocycles. The Labute approximate surface area is 253 Å². The Hall–Kier alpha value is -4.40. The lowest BCUT2D eigenvalue weighted by atomic mass is 10.0. The van der Waals surface area contributed by atoms with Gasteiger partial charge in [-0.15, -0.1) is 0 Å². The molecular weight excluding hydrogens is 540 g/mol. The molecule has 3 N–H and O–H groups in total. The quantitative estimate of drug-likeness (QED) is 0.246. The number of rotatable bonds is 8. The molecule has 1 aliphatic heterocycles. The van der Waals surface area contributed by atoms with Gasteiger partial charge in [-0.2, -0.15) is 0 Å². The molecule has 0 fully saturated rings. The number of fused-ring (bicyclic) bond motifs is 2. The van der Waals surface area contributed by atoms with Gasteiger partial charge in [0, 0.05) is 42.2 Å². The second kappa shape index (κ2) is 13.7. The molecule has 1 heterocycles. The summed E-state index contributed by atoms with van der Waals surface area (Å²) in [7, 11) is 2.07. The number of likely N-dealkylation sites (N-methyl/N-ethyl adjacent to an activating group) is 1. The number of benzene rings is 4. The van der Waals surface area contributed by atoms with Crippen molar-refractivity contribution < 1.29 is 19.4 Å². The predicted molar refractivity (Wildman–Crippen MR) is 171 cm³/mol. The highest BCUT2D eigenvalue weighted by atomic mass is 16.5. The highest BCUT2D eigenvalue weighted by Gasteiger charge is 2.31. The Balaban J connectivity index is 1.37. The second-order valence-electron chi connectivity index (χ2n) is 11.5. The van der Waals surface area contributed by atoms with Crippen LogP contribution in [0.25, 0.3) is 10.8 Å². The van der Waals surface area contributed by atoms with E-state index in [1.807, 2.05) is 73.7 Å². The van der Waals surface area contributed by atoms with E-state index in [-0.39, 0.29) is 43.0 Å². The normalized spacial score (nSPS) is 17.8. The highest BCUT2D eigenvalue weighted by Crippen LogP contribution is 2.30. The number of urea groups is 1. The van der Waals surface area contributed by atoms with Crippen LogP contribution < -0.4 is 15.4 Å². The van der Waals surface area contributed by atoms with E-state index < -0.39 is 0 Å². The lowest BCUT2D eigenvalue weighted by Crippen LogP contribution is -2.47. The molecule has 4 aromatic carbocycles. The summed E-state index contributed by atoms with van der Waals surface area (Å²) in [4.78, 5) is 30.5. The Morgan fingerprint density at radius 1 is 1.02 bits per heavy atom. The fourth-order valence-corrected chi connectivity index (χ4v) is 5.61. The van der Waals surface area contributed by atoms with Crippen LogP contribution in [-0.4, -0.2) is 65.7 Å². The van der Waals surface area contributed by atoms with Gasteiger partial charge in [-0.1, -0.05) is 73.7 Å². The third kappa shape index (κ3) is 7.52. The average molecular weight is 581 g/mol. The van der Waals surface area contributed by atoms with Crippen molar-refractivity contribution >= 4 is 34.1 Å². The lowest BCUT2D eigenvalue weighted by molar-refractivity contribution is -0.134. The van der Waals surface area contributed by atoms with Crippen LogP contribution in [0, 0.1) is 5.92 Å². The number of amides is 3. The first-order valence-electron chi connectivity index (χ1n) is 14.8. The number of aliphatic hydroxyl groups is 1. The van der Waals surface area contributed by atoms with E-state index in [0.717, 1.165) is 17.3 Å². The smallest absolute Gasteiger partial charge is 0.323 e. The maximum Gasteiger partial charge on any atom is 0.323 e. The number of nitrogens with one attached hydrogen (secondary N) is 2. The van der Waals surface area contributed by atoms with Gasteiger partial charge in [-0.25, -0.2) is 4.79 Å². The van der Waals surface area contributed by atoms with Crippen LogP contribution in [0.15, 0.2) is 91.0 Å². The number of hydrogen-bond acceptors (Lipinski definition) is 5. The van der Waals surface area contributed by atoms with Crippen molar-refractivity contribution in [3.8, 4) is 5.75 Å². The number of ether oxygens (including phenoxy) is 1. The summed E-state index contributed by atoms with van der Waals surface area (Å²) in [6.45, 7) is 5.71. The van der Waals surface area contributed by atoms with Gasteiger partial charge in [-0.05, 0) is 49.2 Å². The molecule has 5 rings (SSSR count). The SMILES string of the molecule is C[C@H](CO)N1C[C@H](C)[C@H](CN(C)Cc2ccccc2)Oc2ccc(NC(=O)Nc3cccc4ccccc34)cc2CC1=O. The molecule has 0 unspecified atom stereocenters. The van der Waals surface area contributed by atoms with Crippen LogP contribution in [0.3, 0.4) is 0 Å². The lowest BCUT2D eigenvalue weighted by Gasteiger charge is -2.34. The zero-order valence-corrected chi connectivity index (χ0v) is 25.0. The molecule has 0 saturated carbocycles. The minimum Gasteiger partial charge on any atom is -0.488 e. The van der Waals surface area contributed by atoms with E-state index in [4.69, 9.17) is 4.74 Å². The number of aliphatic hydroxyl groups excluding tert-OH is 1. The van der Waals surface area contributed by atoms with E-state index in [1.165, 1.54) is 5.56 Å². The zero-order chi connectivity index (χ0) is 30.3. The van der Waals surface area contributed by atoms with Crippen LogP contribution in [0.5, 0.6) is 5.75 Å². The molecule has 0 radical (unpaired) electrons. The number of carbonyl (C=O) groups excluding carboxylic acids is 2. The first-order valence-corrected chi connectivity index (χ1v) is 14.8. The van der Waals surface area contributed by atoms with E-state index in [0.29, 0.717) is 35.8 Å². The van der Waals surface area contributed by atoms with Gasteiger partial charge < -0.3 is 25.4 Å². The van der Waals surface area contributed by atoms with Gasteiger partial charge in [-0.3, -0.25) is 9.69 Å². The summed E-state index contributed by atoms with van der Waals surface area (Å²) < 4.78 is 6.64. The topological polar surface area (TPSA) is 94.1 Å². The van der Waals surface area contributed by atoms with Gasteiger partial charge in [0.1, 0.15) is 11.9 Å². The molecule has 4 aromatic rings. The minimum absolute atomic E-state index is 0.00592. The summed E-state index contributed by atoms with van der Waals surface area (Å²) in [5.41, 5.74) is 3.17. The molecule has 0 aromatic heterocycles. The minimum atomic E-state index is -0.379. The van der Waals surface area contributed by atoms with Crippen molar-refractivity contribution in [1.29, 1.82) is 0 Å². The standard InChI is InChI=1S/C35H40N4O4/c1-24-20-39(25(2)23-40)34(41)19-28-18-29(36-35(42)37-31-15-9-13-27-12-7-8-14-30(27)31)16-17-32(28)43-33(24)22-38(3)21-26-10-5-4-6-11-26/h4-18,24-25,33,40H,19-23H2,1-3H3,(H2,36,37,42)/t24-,25+,33-/m0/s1. The average Bonchev–Trinajstić information content (AvgIpc) is 3.04. The molecule has 8 heteroatoms. The van der Waals surface area contributed by atoms with Crippen molar-refractivity contribution in [2.24, 2.45) is 5.92 Å². The highest BCUT2D eigenvalue weighted by molar-refractivity contribution is 6.06. The monoisotopic (exact) mass is 580 g/mol. The molecule has 0 spiro atoms. The molecule has 0 bridgehead atoms. The summed E-state index contributed by atoms with van der Waals surface area (Å²) in [5.74, 6) is 0.539. The van der Waals surface area contributed by atoms with Crippen LogP contribution in [-0.2, 0) is 17.8 Å². The number of hydrogen-bond donors (Lipinski definition) is 3. The molecular formula is C35H40N4O4. The molecule has 3 atom stereocenters. The van der Waals surface area contributed by atoms with E-state index >= 15 is 0 Å². The number of carbonyl (C=O) groups is 2. The molecule has 43 heavy (non-hydrogen) atoms.